The minimum absolute atomic E-state index is 0.153. The van der Waals surface area contributed by atoms with Crippen molar-refractivity contribution in [2.75, 3.05) is 13.7 Å². The Kier molecular flexibility index (Phi) is 4.12. The molecule has 1 aromatic carbocycles. The highest BCUT2D eigenvalue weighted by Crippen LogP contribution is 2.24. The summed E-state index contributed by atoms with van der Waals surface area (Å²) in [4.78, 5) is 10.9. The summed E-state index contributed by atoms with van der Waals surface area (Å²) in [6.45, 7) is 1.49. The summed E-state index contributed by atoms with van der Waals surface area (Å²) in [6, 6.07) is 7.02. The lowest BCUT2D eigenvalue weighted by atomic mass is 10.1. The number of methoxy groups -OCH3 is 1. The number of hydrogen-bond acceptors (Lipinski definition) is 4. The van der Waals surface area contributed by atoms with Crippen LogP contribution in [0.3, 0.4) is 0 Å². The van der Waals surface area contributed by atoms with Crippen LogP contribution in [0.4, 0.5) is 0 Å². The summed E-state index contributed by atoms with van der Waals surface area (Å²) in [5, 5.41) is 9.43. The molecule has 15 heavy (non-hydrogen) atoms. The van der Waals surface area contributed by atoms with Crippen molar-refractivity contribution in [3.63, 3.8) is 0 Å². The van der Waals surface area contributed by atoms with Crippen LogP contribution in [0.5, 0.6) is 5.75 Å². The monoisotopic (exact) mass is 210 g/mol. The Morgan fingerprint density at radius 2 is 2.13 bits per heavy atom. The predicted octanol–water partition coefficient (Wildman–Crippen LogP) is 1.29. The topological polar surface area (TPSA) is 55.8 Å². The molecule has 4 heteroatoms. The molecule has 0 aliphatic carbocycles. The highest BCUT2D eigenvalue weighted by Gasteiger charge is 2.09. The van der Waals surface area contributed by atoms with Crippen LogP contribution in [0.25, 0.3) is 0 Å². The Bertz CT molecular complexity index is 333. The fourth-order valence-electron chi connectivity index (χ4n) is 1.15. The maximum atomic E-state index is 10.9. The fraction of sp³-hybridized carbons (Fsp3) is 0.364. The summed E-state index contributed by atoms with van der Waals surface area (Å²) in [5.41, 5.74) is 0.654. The molecule has 0 amide bonds. The normalized spacial score (nSPS) is 11.9. The van der Waals surface area contributed by atoms with Crippen molar-refractivity contribution in [1.29, 1.82) is 0 Å². The van der Waals surface area contributed by atoms with E-state index in [1.165, 1.54) is 7.11 Å². The lowest BCUT2D eigenvalue weighted by molar-refractivity contribution is -0.142. The van der Waals surface area contributed by atoms with Crippen LogP contribution in [-0.2, 0) is 9.53 Å². The van der Waals surface area contributed by atoms with E-state index in [-0.39, 0.29) is 6.61 Å². The van der Waals surface area contributed by atoms with Crippen LogP contribution in [0, 0.1) is 0 Å². The summed E-state index contributed by atoms with van der Waals surface area (Å²) < 4.78 is 9.66. The maximum absolute atomic E-state index is 10.9. The van der Waals surface area contributed by atoms with Crippen LogP contribution < -0.4 is 4.74 Å². The van der Waals surface area contributed by atoms with Crippen molar-refractivity contribution < 1.29 is 19.4 Å². The van der Waals surface area contributed by atoms with E-state index in [2.05, 4.69) is 4.74 Å². The Morgan fingerprint density at radius 3 is 2.73 bits per heavy atom. The van der Waals surface area contributed by atoms with Gasteiger partial charge in [0.1, 0.15) is 5.75 Å². The van der Waals surface area contributed by atoms with Crippen LogP contribution in [0.15, 0.2) is 24.3 Å². The van der Waals surface area contributed by atoms with Gasteiger partial charge in [-0.3, -0.25) is 0 Å². The third kappa shape index (κ3) is 3.25. The van der Waals surface area contributed by atoms with Gasteiger partial charge >= 0.3 is 5.97 Å². The molecular formula is C11H14O4. The molecule has 0 bridgehead atoms. The molecule has 0 aliphatic heterocycles. The quantitative estimate of drug-likeness (QED) is 0.761. The SMILES string of the molecule is COC(=O)COc1ccccc1C(C)O. The minimum atomic E-state index is -0.626. The summed E-state index contributed by atoms with van der Waals surface area (Å²) in [5.74, 6) is 0.0493. The van der Waals surface area contributed by atoms with E-state index in [0.29, 0.717) is 11.3 Å². The molecule has 1 N–H and O–H groups in total. The molecule has 1 rings (SSSR count). The highest BCUT2D eigenvalue weighted by molar-refractivity contribution is 5.70. The second-order valence-electron chi connectivity index (χ2n) is 3.08. The molecule has 4 nitrogen and oxygen atoms in total. The van der Waals surface area contributed by atoms with Crippen LogP contribution in [0.2, 0.25) is 0 Å². The Labute approximate surface area is 88.4 Å². The lowest BCUT2D eigenvalue weighted by Crippen LogP contribution is -2.13. The molecule has 0 heterocycles. The van der Waals surface area contributed by atoms with E-state index in [4.69, 9.17) is 4.74 Å². The van der Waals surface area contributed by atoms with Gasteiger partial charge in [0.2, 0.25) is 0 Å². The van der Waals surface area contributed by atoms with Gasteiger partial charge in [-0.15, -0.1) is 0 Å². The van der Waals surface area contributed by atoms with Crippen LogP contribution >= 0.6 is 0 Å². The highest BCUT2D eigenvalue weighted by atomic mass is 16.6. The zero-order valence-corrected chi connectivity index (χ0v) is 8.77. The van der Waals surface area contributed by atoms with E-state index in [1.807, 2.05) is 0 Å². The van der Waals surface area contributed by atoms with E-state index in [1.54, 1.807) is 31.2 Å². The first kappa shape index (κ1) is 11.5. The van der Waals surface area contributed by atoms with Crippen molar-refractivity contribution >= 4 is 5.97 Å². The number of para-hydroxylation sites is 1. The van der Waals surface area contributed by atoms with Gasteiger partial charge in [-0.25, -0.2) is 4.79 Å². The molecule has 0 saturated heterocycles. The number of hydrogen-bond donors (Lipinski definition) is 1. The first-order valence-electron chi connectivity index (χ1n) is 4.61. The van der Waals surface area contributed by atoms with Crippen LogP contribution in [-0.4, -0.2) is 24.8 Å². The molecule has 1 atom stereocenters. The van der Waals surface area contributed by atoms with Gasteiger partial charge in [0.25, 0.3) is 0 Å². The number of aliphatic hydroxyl groups excluding tert-OH is 1. The van der Waals surface area contributed by atoms with Gasteiger partial charge in [0.15, 0.2) is 6.61 Å². The van der Waals surface area contributed by atoms with Gasteiger partial charge < -0.3 is 14.6 Å². The molecule has 1 aromatic rings. The summed E-state index contributed by atoms with van der Waals surface area (Å²) >= 11 is 0. The zero-order valence-electron chi connectivity index (χ0n) is 8.77. The average molecular weight is 210 g/mol. The number of carbonyl (C=O) groups excluding carboxylic acids is 1. The zero-order chi connectivity index (χ0) is 11.3. The summed E-state index contributed by atoms with van der Waals surface area (Å²) in [6.07, 6.45) is -0.626. The number of aliphatic hydroxyl groups is 1. The average Bonchev–Trinajstić information content (AvgIpc) is 2.26. The van der Waals surface area contributed by atoms with E-state index >= 15 is 0 Å². The molecule has 0 aliphatic rings. The molecule has 0 saturated carbocycles. The van der Waals surface area contributed by atoms with Crippen molar-refractivity contribution in [3.8, 4) is 5.75 Å². The molecule has 82 valence electrons. The Morgan fingerprint density at radius 1 is 1.47 bits per heavy atom. The maximum Gasteiger partial charge on any atom is 0.343 e. The molecule has 0 radical (unpaired) electrons. The van der Waals surface area contributed by atoms with Gasteiger partial charge in [-0.1, -0.05) is 18.2 Å². The molecule has 0 spiro atoms. The second-order valence-corrected chi connectivity index (χ2v) is 3.08. The van der Waals surface area contributed by atoms with E-state index in [9.17, 15) is 9.90 Å². The Balaban J connectivity index is 2.71. The minimum Gasteiger partial charge on any atom is -0.482 e. The first-order chi connectivity index (χ1) is 7.15. The number of benzene rings is 1. The third-order valence-electron chi connectivity index (χ3n) is 1.94. The van der Waals surface area contributed by atoms with Crippen molar-refractivity contribution in [2.45, 2.75) is 13.0 Å². The lowest BCUT2D eigenvalue weighted by Gasteiger charge is -2.12. The van der Waals surface area contributed by atoms with Gasteiger partial charge in [0.05, 0.1) is 13.2 Å². The number of carbonyl (C=O) groups is 1. The number of esters is 1. The van der Waals surface area contributed by atoms with Gasteiger partial charge in [0, 0.05) is 5.56 Å². The first-order valence-corrected chi connectivity index (χ1v) is 4.61. The Hall–Kier alpha value is -1.55. The van der Waals surface area contributed by atoms with Crippen molar-refractivity contribution in [2.24, 2.45) is 0 Å². The van der Waals surface area contributed by atoms with Crippen molar-refractivity contribution in [1.82, 2.24) is 0 Å². The van der Waals surface area contributed by atoms with Crippen LogP contribution in [0.1, 0.15) is 18.6 Å². The summed E-state index contributed by atoms with van der Waals surface area (Å²) in [7, 11) is 1.30. The number of ether oxygens (including phenoxy) is 2. The number of rotatable bonds is 4. The predicted molar refractivity (Wildman–Crippen MR) is 54.6 cm³/mol. The smallest absolute Gasteiger partial charge is 0.343 e. The largest absolute Gasteiger partial charge is 0.482 e. The molecular weight excluding hydrogens is 196 g/mol. The van der Waals surface area contributed by atoms with Gasteiger partial charge in [-0.2, -0.15) is 0 Å². The van der Waals surface area contributed by atoms with Crippen molar-refractivity contribution in [3.05, 3.63) is 29.8 Å². The fourth-order valence-corrected chi connectivity index (χ4v) is 1.15. The molecule has 0 fully saturated rings. The molecule has 1 unspecified atom stereocenters. The van der Waals surface area contributed by atoms with E-state index < -0.39 is 12.1 Å². The van der Waals surface area contributed by atoms with E-state index in [0.717, 1.165) is 0 Å². The third-order valence-corrected chi connectivity index (χ3v) is 1.94. The molecule has 0 aromatic heterocycles. The standard InChI is InChI=1S/C11H14O4/c1-8(12)9-5-3-4-6-10(9)15-7-11(13)14-2/h3-6,8,12H,7H2,1-2H3. The van der Waals surface area contributed by atoms with Gasteiger partial charge in [-0.05, 0) is 13.0 Å². The second kappa shape index (κ2) is 5.36.